The van der Waals surface area contributed by atoms with Crippen molar-refractivity contribution < 1.29 is 54.4 Å². The molecule has 0 spiro atoms. The molecule has 4 rings (SSSR count). The van der Waals surface area contributed by atoms with Crippen molar-refractivity contribution in [2.75, 3.05) is 13.7 Å². The van der Waals surface area contributed by atoms with Gasteiger partial charge in [0.15, 0.2) is 30.0 Å². The highest BCUT2D eigenvalue weighted by Crippen LogP contribution is 2.44. The highest BCUT2D eigenvalue weighted by Gasteiger charge is 2.46. The van der Waals surface area contributed by atoms with Crippen molar-refractivity contribution in [2.24, 2.45) is 0 Å². The topological polar surface area (TPSA) is 175 Å². The molecule has 11 heteroatoms. The van der Waals surface area contributed by atoms with Crippen molar-refractivity contribution in [2.45, 2.75) is 36.8 Å². The molecule has 0 aliphatic carbocycles. The van der Waals surface area contributed by atoms with Crippen LogP contribution in [0.4, 0.5) is 0 Å². The molecular formula is C21H22O11. The Labute approximate surface area is 181 Å². The maximum Gasteiger partial charge on any atom is 0.203 e. The van der Waals surface area contributed by atoms with Crippen molar-refractivity contribution in [1.29, 1.82) is 0 Å². The van der Waals surface area contributed by atoms with Gasteiger partial charge in [0.05, 0.1) is 13.7 Å². The average molecular weight is 450 g/mol. The molecule has 2 heterocycles. The first kappa shape index (κ1) is 22.1. The molecule has 2 aromatic rings. The van der Waals surface area contributed by atoms with Crippen LogP contribution in [0.5, 0.6) is 28.7 Å². The number of rotatable bonds is 4. The number of fused-ring (bicyclic) bond motifs is 1. The van der Waals surface area contributed by atoms with Gasteiger partial charge in [-0.1, -0.05) is 6.07 Å². The first-order chi connectivity index (χ1) is 15.2. The fourth-order valence-electron chi connectivity index (χ4n) is 3.65. The second-order valence-electron chi connectivity index (χ2n) is 7.48. The maximum atomic E-state index is 13.3. The van der Waals surface area contributed by atoms with Gasteiger partial charge in [-0.05, 0) is 17.7 Å². The molecule has 0 radical (unpaired) electrons. The minimum atomic E-state index is -1.67. The van der Waals surface area contributed by atoms with E-state index in [1.807, 2.05) is 0 Å². The van der Waals surface area contributed by atoms with Gasteiger partial charge in [0.2, 0.25) is 5.78 Å². The van der Waals surface area contributed by atoms with Crippen LogP contribution in [0.15, 0.2) is 30.3 Å². The van der Waals surface area contributed by atoms with Crippen LogP contribution in [0.25, 0.3) is 0 Å². The normalized spacial score (nSPS) is 29.8. The number of carbonyl (C=O) groups is 1. The summed E-state index contributed by atoms with van der Waals surface area (Å²) in [4.78, 5) is 13.3. The molecule has 0 saturated carbocycles. The largest absolute Gasteiger partial charge is 0.507 e. The SMILES string of the molecule is COc1cc(O)c2c(c1)OC(c1ccc(O)c(O)c1)C(OC1OCC(O)C(O)C1O)C2=O. The number of aliphatic hydroxyl groups excluding tert-OH is 3. The number of ketones is 1. The van der Waals surface area contributed by atoms with Gasteiger partial charge in [-0.25, -0.2) is 0 Å². The summed E-state index contributed by atoms with van der Waals surface area (Å²) in [5.41, 5.74) is 0.0402. The predicted octanol–water partition coefficient (Wildman–Crippen LogP) is -0.0474. The maximum absolute atomic E-state index is 13.3. The van der Waals surface area contributed by atoms with E-state index in [2.05, 4.69) is 0 Å². The number of ether oxygens (including phenoxy) is 4. The van der Waals surface area contributed by atoms with E-state index in [4.69, 9.17) is 18.9 Å². The lowest BCUT2D eigenvalue weighted by atomic mass is 9.92. The fourth-order valence-corrected chi connectivity index (χ4v) is 3.65. The number of hydrogen-bond donors (Lipinski definition) is 6. The van der Waals surface area contributed by atoms with E-state index < -0.39 is 59.8 Å². The molecule has 1 fully saturated rings. The highest BCUT2D eigenvalue weighted by atomic mass is 16.7. The molecule has 11 nitrogen and oxygen atoms in total. The summed E-state index contributed by atoms with van der Waals surface area (Å²) in [5, 5.41) is 59.7. The Hall–Kier alpha value is -3.09. The molecule has 32 heavy (non-hydrogen) atoms. The van der Waals surface area contributed by atoms with Crippen LogP contribution in [0.1, 0.15) is 22.0 Å². The standard InChI is InChI=1S/C21H22O11/c1-29-9-5-12(24)15-14(6-9)31-19(8-2-3-10(22)11(23)4-8)20(17(15)27)32-21-18(28)16(26)13(25)7-30-21/h2-6,13,16,18-26,28H,7H2,1H3. The molecule has 2 aromatic carbocycles. The number of aliphatic hydroxyl groups is 3. The Morgan fingerprint density at radius 1 is 0.969 bits per heavy atom. The average Bonchev–Trinajstić information content (AvgIpc) is 2.76. The molecule has 6 N–H and O–H groups in total. The molecule has 2 aliphatic rings. The number of methoxy groups -OCH3 is 1. The number of benzene rings is 2. The van der Waals surface area contributed by atoms with E-state index in [1.165, 1.54) is 37.4 Å². The van der Waals surface area contributed by atoms with Gasteiger partial charge in [-0.15, -0.1) is 0 Å². The van der Waals surface area contributed by atoms with Crippen LogP contribution >= 0.6 is 0 Å². The molecule has 0 bridgehead atoms. The number of phenols is 3. The van der Waals surface area contributed by atoms with Gasteiger partial charge in [0.1, 0.15) is 41.1 Å². The van der Waals surface area contributed by atoms with Gasteiger partial charge < -0.3 is 49.6 Å². The van der Waals surface area contributed by atoms with Crippen molar-refractivity contribution in [3.63, 3.8) is 0 Å². The van der Waals surface area contributed by atoms with E-state index in [-0.39, 0.29) is 29.2 Å². The molecular weight excluding hydrogens is 428 g/mol. The first-order valence-corrected chi connectivity index (χ1v) is 9.66. The minimum Gasteiger partial charge on any atom is -0.507 e. The Balaban J connectivity index is 1.75. The summed E-state index contributed by atoms with van der Waals surface area (Å²) in [7, 11) is 1.37. The predicted molar refractivity (Wildman–Crippen MR) is 105 cm³/mol. The number of phenolic OH excluding ortho intramolecular Hbond substituents is 3. The Kier molecular flexibility index (Phi) is 5.84. The second kappa shape index (κ2) is 8.45. The zero-order chi connectivity index (χ0) is 23.2. The Morgan fingerprint density at radius 3 is 2.41 bits per heavy atom. The molecule has 2 aliphatic heterocycles. The minimum absolute atomic E-state index is 0.00941. The number of carbonyl (C=O) groups excluding carboxylic acids is 1. The van der Waals surface area contributed by atoms with E-state index in [0.717, 1.165) is 0 Å². The van der Waals surface area contributed by atoms with Crippen LogP contribution in [0.2, 0.25) is 0 Å². The van der Waals surface area contributed by atoms with Gasteiger partial charge in [0, 0.05) is 12.1 Å². The smallest absolute Gasteiger partial charge is 0.203 e. The number of aromatic hydroxyl groups is 3. The van der Waals surface area contributed by atoms with Crippen molar-refractivity contribution in [3.05, 3.63) is 41.5 Å². The van der Waals surface area contributed by atoms with Crippen LogP contribution in [-0.4, -0.2) is 80.8 Å². The van der Waals surface area contributed by atoms with Crippen LogP contribution in [0, 0.1) is 0 Å². The number of hydrogen-bond acceptors (Lipinski definition) is 11. The second-order valence-corrected chi connectivity index (χ2v) is 7.48. The van der Waals surface area contributed by atoms with E-state index in [9.17, 15) is 35.4 Å². The lowest BCUT2D eigenvalue weighted by Gasteiger charge is -2.39. The molecule has 0 amide bonds. The summed E-state index contributed by atoms with van der Waals surface area (Å²) in [6.45, 7) is -0.353. The summed E-state index contributed by atoms with van der Waals surface area (Å²) in [6, 6.07) is 6.37. The Morgan fingerprint density at radius 2 is 1.72 bits per heavy atom. The van der Waals surface area contributed by atoms with E-state index >= 15 is 0 Å². The molecule has 172 valence electrons. The molecule has 0 aromatic heterocycles. The summed E-state index contributed by atoms with van der Waals surface area (Å²) in [5.74, 6) is -1.79. The van der Waals surface area contributed by atoms with Crippen LogP contribution < -0.4 is 9.47 Å². The monoisotopic (exact) mass is 450 g/mol. The van der Waals surface area contributed by atoms with Crippen molar-refractivity contribution >= 4 is 5.78 Å². The van der Waals surface area contributed by atoms with Gasteiger partial charge in [-0.3, -0.25) is 4.79 Å². The number of Topliss-reactive ketones (excluding diaryl/α,β-unsaturated/α-hetero) is 1. The molecule has 1 saturated heterocycles. The third-order valence-corrected chi connectivity index (χ3v) is 5.39. The molecule has 6 atom stereocenters. The van der Waals surface area contributed by atoms with E-state index in [1.54, 1.807) is 0 Å². The van der Waals surface area contributed by atoms with Gasteiger partial charge in [-0.2, -0.15) is 0 Å². The van der Waals surface area contributed by atoms with Gasteiger partial charge >= 0.3 is 0 Å². The lowest BCUT2D eigenvalue weighted by molar-refractivity contribution is -0.283. The summed E-state index contributed by atoms with van der Waals surface area (Å²) >= 11 is 0. The zero-order valence-electron chi connectivity index (χ0n) is 16.8. The van der Waals surface area contributed by atoms with Crippen molar-refractivity contribution in [1.82, 2.24) is 0 Å². The fraction of sp³-hybridized carbons (Fsp3) is 0.381. The zero-order valence-corrected chi connectivity index (χ0v) is 16.8. The third kappa shape index (κ3) is 3.80. The first-order valence-electron chi connectivity index (χ1n) is 9.66. The quantitative estimate of drug-likeness (QED) is 0.345. The van der Waals surface area contributed by atoms with Crippen molar-refractivity contribution in [3.8, 4) is 28.7 Å². The van der Waals surface area contributed by atoms with E-state index in [0.29, 0.717) is 0 Å². The van der Waals surface area contributed by atoms with Crippen LogP contribution in [-0.2, 0) is 9.47 Å². The van der Waals surface area contributed by atoms with Gasteiger partial charge in [0.25, 0.3) is 0 Å². The molecule has 6 unspecified atom stereocenters. The lowest BCUT2D eigenvalue weighted by Crippen LogP contribution is -2.56. The third-order valence-electron chi connectivity index (χ3n) is 5.39. The summed E-state index contributed by atoms with van der Waals surface area (Å²) in [6.07, 6.45) is -8.78. The summed E-state index contributed by atoms with van der Waals surface area (Å²) < 4.78 is 21.9. The van der Waals surface area contributed by atoms with Crippen LogP contribution in [0.3, 0.4) is 0 Å². The highest BCUT2D eigenvalue weighted by molar-refractivity contribution is 6.05. The Bertz CT molecular complexity index is 1020.